The van der Waals surface area contributed by atoms with Crippen LogP contribution < -0.4 is 5.32 Å². The summed E-state index contributed by atoms with van der Waals surface area (Å²) in [4.78, 5) is 25.2. The molecule has 0 aromatic rings. The highest BCUT2D eigenvalue weighted by Gasteiger charge is 2.44. The van der Waals surface area contributed by atoms with E-state index in [0.717, 1.165) is 64.2 Å². The van der Waals surface area contributed by atoms with Gasteiger partial charge in [0.25, 0.3) is 0 Å². The molecule has 1 amide bonds. The number of amides is 1. The summed E-state index contributed by atoms with van der Waals surface area (Å²) in [6, 6.07) is -0.805. The molecule has 6 N–H and O–H groups in total. The Morgan fingerprint density at radius 1 is 0.378 bits per heavy atom. The highest BCUT2D eigenvalue weighted by Crippen LogP contribution is 2.24. The molecule has 7 atom stereocenters. The molecule has 1 rings (SSSR count). The van der Waals surface area contributed by atoms with Gasteiger partial charge in [-0.1, -0.05) is 403 Å². The molecule has 1 saturated heterocycles. The minimum atomic E-state index is -1.57. The van der Waals surface area contributed by atoms with E-state index in [9.17, 15) is 35.1 Å². The third-order valence-electron chi connectivity index (χ3n) is 20.7. The van der Waals surface area contributed by atoms with Gasteiger partial charge in [0.15, 0.2) is 6.29 Å². The van der Waals surface area contributed by atoms with Crippen LogP contribution in [0, 0.1) is 0 Å². The maximum atomic E-state index is 13.1. The van der Waals surface area contributed by atoms with Gasteiger partial charge in [0.05, 0.1) is 32.0 Å². The Morgan fingerprint density at radius 2 is 0.684 bits per heavy atom. The molecule has 0 spiro atoms. The number of aliphatic hydroxyl groups is 5. The maximum Gasteiger partial charge on any atom is 0.305 e. The molecular weight excluding hydrogens is 1220 g/mol. The van der Waals surface area contributed by atoms with Crippen molar-refractivity contribution in [3.63, 3.8) is 0 Å². The predicted octanol–water partition coefficient (Wildman–Crippen LogP) is 24.0. The van der Waals surface area contributed by atoms with E-state index >= 15 is 0 Å². The Balaban J connectivity index is 1.85. The third kappa shape index (κ3) is 63.6. The van der Waals surface area contributed by atoms with E-state index < -0.39 is 49.5 Å². The summed E-state index contributed by atoms with van der Waals surface area (Å²) >= 11 is 0. The average Bonchev–Trinajstić information content (AvgIpc) is 0.825. The molecule has 0 bridgehead atoms. The van der Waals surface area contributed by atoms with E-state index in [-0.39, 0.29) is 18.5 Å². The number of carbonyl (C=O) groups is 2. The Kier molecular flexibility index (Phi) is 72.8. The molecule has 0 aliphatic carbocycles. The van der Waals surface area contributed by atoms with Crippen molar-refractivity contribution in [3.05, 3.63) is 36.5 Å². The van der Waals surface area contributed by atoms with Crippen molar-refractivity contribution in [3.8, 4) is 0 Å². The zero-order chi connectivity index (χ0) is 70.8. The number of nitrogens with one attached hydrogen (secondary N) is 1. The van der Waals surface area contributed by atoms with Crippen molar-refractivity contribution in [1.29, 1.82) is 0 Å². The SMILES string of the molecule is CCCCCC/C=C\C/C=C\CCCCCCCCCC(=O)OCCCCCCCCCCCCCCCCCCCCCCCCCCCCCCCCCCCCCCCCCC(=O)NC(COC1OC(CO)C(O)C(O)C1O)C(O)/C=C/CCCCCCCCCCCCC. The van der Waals surface area contributed by atoms with Crippen LogP contribution in [0.1, 0.15) is 444 Å². The number of esters is 1. The lowest BCUT2D eigenvalue weighted by Crippen LogP contribution is -2.60. The van der Waals surface area contributed by atoms with Crippen molar-refractivity contribution in [1.82, 2.24) is 5.32 Å². The van der Waals surface area contributed by atoms with E-state index in [1.807, 2.05) is 6.08 Å². The molecule has 11 heteroatoms. The first-order valence-corrected chi connectivity index (χ1v) is 43.3. The molecule has 7 unspecified atom stereocenters. The summed E-state index contributed by atoms with van der Waals surface area (Å²) in [6.45, 7) is 4.39. The number of unbranched alkanes of at least 4 members (excludes halogenated alkanes) is 60. The van der Waals surface area contributed by atoms with Gasteiger partial charge in [0.2, 0.25) is 5.91 Å². The summed E-state index contributed by atoms with van der Waals surface area (Å²) in [7, 11) is 0. The van der Waals surface area contributed by atoms with E-state index in [1.165, 1.54) is 353 Å². The van der Waals surface area contributed by atoms with Gasteiger partial charge in [0, 0.05) is 12.8 Å². The van der Waals surface area contributed by atoms with Crippen LogP contribution in [-0.2, 0) is 23.8 Å². The molecule has 0 aromatic heterocycles. The molecule has 0 aromatic carbocycles. The number of ether oxygens (including phenoxy) is 3. The number of rotatable bonds is 78. The lowest BCUT2D eigenvalue weighted by molar-refractivity contribution is -0.302. The Bertz CT molecular complexity index is 1720. The molecule has 11 nitrogen and oxygen atoms in total. The highest BCUT2D eigenvalue weighted by atomic mass is 16.7. The van der Waals surface area contributed by atoms with Crippen molar-refractivity contribution in [2.45, 2.75) is 487 Å². The Morgan fingerprint density at radius 3 is 1.04 bits per heavy atom. The summed E-state index contributed by atoms with van der Waals surface area (Å²) in [5, 5.41) is 54.6. The fourth-order valence-electron chi connectivity index (χ4n) is 14.0. The number of aliphatic hydroxyl groups excluding tert-OH is 5. The second-order valence-corrected chi connectivity index (χ2v) is 30.2. The van der Waals surface area contributed by atoms with Crippen LogP contribution in [0.5, 0.6) is 0 Å². The van der Waals surface area contributed by atoms with Gasteiger partial charge < -0.3 is 45.1 Å². The number of allylic oxidation sites excluding steroid dienone is 5. The first-order chi connectivity index (χ1) is 48.2. The average molecular weight is 1390 g/mol. The van der Waals surface area contributed by atoms with Crippen LogP contribution in [0.3, 0.4) is 0 Å². The molecule has 1 fully saturated rings. The smallest absolute Gasteiger partial charge is 0.305 e. The standard InChI is InChI=1S/C87H165NO10/c1-3-5-7-9-11-13-15-17-18-19-44-47-51-55-59-63-67-71-75-83(92)96-76-72-68-64-60-56-52-48-45-42-40-38-36-34-32-30-28-26-24-22-20-21-23-25-27-29-31-33-35-37-39-41-43-46-50-54-58-62-66-70-74-82(91)88-79(78-97-87-86(95)85(94)84(93)81(77-89)98-87)80(90)73-69-65-61-57-53-49-16-14-12-10-8-6-4-2/h13,15,18-19,69,73,79-81,84-87,89-90,93-95H,3-12,14,16-17,20-68,70-72,74-78H2,1-2H3,(H,88,91)/b15-13-,19-18-,73-69+. The number of hydrogen-bond acceptors (Lipinski definition) is 10. The van der Waals surface area contributed by atoms with Crippen molar-refractivity contribution >= 4 is 11.9 Å². The minimum Gasteiger partial charge on any atom is -0.466 e. The van der Waals surface area contributed by atoms with E-state index in [0.29, 0.717) is 19.4 Å². The number of hydrogen-bond donors (Lipinski definition) is 6. The second-order valence-electron chi connectivity index (χ2n) is 30.2. The van der Waals surface area contributed by atoms with Gasteiger partial charge in [-0.2, -0.15) is 0 Å². The van der Waals surface area contributed by atoms with Gasteiger partial charge in [0.1, 0.15) is 24.4 Å². The molecule has 0 saturated carbocycles. The van der Waals surface area contributed by atoms with Gasteiger partial charge in [-0.15, -0.1) is 0 Å². The second kappa shape index (κ2) is 76.0. The molecule has 1 aliphatic heterocycles. The number of carbonyl (C=O) groups excluding carboxylic acids is 2. The van der Waals surface area contributed by atoms with E-state index in [2.05, 4.69) is 43.5 Å². The van der Waals surface area contributed by atoms with Crippen LogP contribution >= 0.6 is 0 Å². The summed E-state index contributed by atoms with van der Waals surface area (Å²) in [5.41, 5.74) is 0. The molecule has 1 heterocycles. The van der Waals surface area contributed by atoms with Crippen molar-refractivity contribution < 1.29 is 49.3 Å². The summed E-state index contributed by atoms with van der Waals surface area (Å²) in [6.07, 6.45) is 90.6. The quantitative estimate of drug-likeness (QED) is 0.0195. The molecule has 98 heavy (non-hydrogen) atoms. The monoisotopic (exact) mass is 1380 g/mol. The molecule has 578 valence electrons. The fourth-order valence-corrected chi connectivity index (χ4v) is 14.0. The predicted molar refractivity (Wildman–Crippen MR) is 417 cm³/mol. The van der Waals surface area contributed by atoms with Crippen LogP contribution in [0.2, 0.25) is 0 Å². The minimum absolute atomic E-state index is 0.0118. The van der Waals surface area contributed by atoms with E-state index in [4.69, 9.17) is 14.2 Å². The van der Waals surface area contributed by atoms with Gasteiger partial charge in [-0.3, -0.25) is 9.59 Å². The zero-order valence-electron chi connectivity index (χ0n) is 64.8. The van der Waals surface area contributed by atoms with Crippen LogP contribution in [-0.4, -0.2) is 100 Å². The van der Waals surface area contributed by atoms with Gasteiger partial charge in [-0.05, 0) is 64.2 Å². The molecule has 1 aliphatic rings. The molecule has 0 radical (unpaired) electrons. The van der Waals surface area contributed by atoms with Gasteiger partial charge >= 0.3 is 5.97 Å². The third-order valence-corrected chi connectivity index (χ3v) is 20.7. The van der Waals surface area contributed by atoms with Gasteiger partial charge in [-0.25, -0.2) is 0 Å². The topological polar surface area (TPSA) is 175 Å². The summed E-state index contributed by atoms with van der Waals surface area (Å²) in [5.74, 6) is -0.161. The first kappa shape index (κ1) is 93.9. The lowest BCUT2D eigenvalue weighted by atomic mass is 9.99. The van der Waals surface area contributed by atoms with E-state index in [1.54, 1.807) is 6.08 Å². The maximum absolute atomic E-state index is 13.1. The summed E-state index contributed by atoms with van der Waals surface area (Å²) < 4.78 is 16.8. The highest BCUT2D eigenvalue weighted by molar-refractivity contribution is 5.76. The lowest BCUT2D eigenvalue weighted by Gasteiger charge is -2.40. The Hall–Kier alpha value is -2.12. The molecular formula is C87H165NO10. The van der Waals surface area contributed by atoms with Crippen LogP contribution in [0.25, 0.3) is 0 Å². The van der Waals surface area contributed by atoms with Crippen LogP contribution in [0.15, 0.2) is 36.5 Å². The van der Waals surface area contributed by atoms with Crippen molar-refractivity contribution in [2.24, 2.45) is 0 Å². The first-order valence-electron chi connectivity index (χ1n) is 43.3. The largest absolute Gasteiger partial charge is 0.466 e. The fraction of sp³-hybridized carbons (Fsp3) is 0.908. The van der Waals surface area contributed by atoms with Crippen LogP contribution in [0.4, 0.5) is 0 Å². The normalized spacial score (nSPS) is 17.3. The Labute approximate surface area is 606 Å². The zero-order valence-corrected chi connectivity index (χ0v) is 64.8. The van der Waals surface area contributed by atoms with Crippen molar-refractivity contribution in [2.75, 3.05) is 19.8 Å².